The molecule has 90 valence electrons. The summed E-state index contributed by atoms with van der Waals surface area (Å²) in [5, 5.41) is 7.38. The quantitative estimate of drug-likeness (QED) is 0.859. The third kappa shape index (κ3) is 3.14. The maximum atomic E-state index is 13.5. The SMILES string of the molecule is CC(NCCn1cccn1)c1ccccc1F. The second-order valence-corrected chi connectivity index (χ2v) is 3.97. The maximum absolute atomic E-state index is 13.5. The Morgan fingerprint density at radius 2 is 2.18 bits per heavy atom. The van der Waals surface area contributed by atoms with Crippen molar-refractivity contribution in [2.75, 3.05) is 6.54 Å². The first-order valence-electron chi connectivity index (χ1n) is 5.72. The summed E-state index contributed by atoms with van der Waals surface area (Å²) < 4.78 is 15.3. The molecule has 0 radical (unpaired) electrons. The van der Waals surface area contributed by atoms with Crippen molar-refractivity contribution in [3.8, 4) is 0 Å². The summed E-state index contributed by atoms with van der Waals surface area (Å²) in [6.07, 6.45) is 3.66. The van der Waals surface area contributed by atoms with Crippen LogP contribution in [0.2, 0.25) is 0 Å². The van der Waals surface area contributed by atoms with Crippen LogP contribution in [0.3, 0.4) is 0 Å². The van der Waals surface area contributed by atoms with Gasteiger partial charge in [0.05, 0.1) is 6.54 Å². The van der Waals surface area contributed by atoms with Crippen LogP contribution in [0.1, 0.15) is 18.5 Å². The number of nitrogens with one attached hydrogen (secondary N) is 1. The number of aromatic nitrogens is 2. The van der Waals surface area contributed by atoms with Gasteiger partial charge in [-0.3, -0.25) is 4.68 Å². The van der Waals surface area contributed by atoms with Gasteiger partial charge in [-0.2, -0.15) is 5.10 Å². The molecule has 1 heterocycles. The predicted molar refractivity (Wildman–Crippen MR) is 65.0 cm³/mol. The van der Waals surface area contributed by atoms with E-state index in [9.17, 15) is 4.39 Å². The second-order valence-electron chi connectivity index (χ2n) is 3.97. The lowest BCUT2D eigenvalue weighted by molar-refractivity contribution is 0.489. The minimum absolute atomic E-state index is 0.00626. The molecule has 0 aliphatic rings. The molecule has 0 amide bonds. The zero-order valence-electron chi connectivity index (χ0n) is 9.81. The fraction of sp³-hybridized carbons (Fsp3) is 0.308. The maximum Gasteiger partial charge on any atom is 0.127 e. The summed E-state index contributed by atoms with van der Waals surface area (Å²) in [5.41, 5.74) is 0.702. The molecule has 0 fully saturated rings. The van der Waals surface area contributed by atoms with Gasteiger partial charge in [0.25, 0.3) is 0 Å². The largest absolute Gasteiger partial charge is 0.308 e. The molecule has 2 rings (SSSR count). The van der Waals surface area contributed by atoms with E-state index in [0.29, 0.717) is 5.56 Å². The van der Waals surface area contributed by atoms with Crippen LogP contribution in [0.4, 0.5) is 4.39 Å². The average molecular weight is 233 g/mol. The van der Waals surface area contributed by atoms with Crippen LogP contribution in [-0.4, -0.2) is 16.3 Å². The standard InChI is InChI=1S/C13H16FN3/c1-11(12-5-2-3-6-13(12)14)15-8-10-17-9-4-7-16-17/h2-7,9,11,15H,8,10H2,1H3. The molecule has 0 bridgehead atoms. The first-order chi connectivity index (χ1) is 8.27. The van der Waals surface area contributed by atoms with Gasteiger partial charge in [0, 0.05) is 30.5 Å². The van der Waals surface area contributed by atoms with E-state index in [1.807, 2.05) is 29.9 Å². The monoisotopic (exact) mass is 233 g/mol. The summed E-state index contributed by atoms with van der Waals surface area (Å²) >= 11 is 0. The Labute approximate surface area is 100 Å². The molecule has 17 heavy (non-hydrogen) atoms. The predicted octanol–water partition coefficient (Wildman–Crippen LogP) is 2.37. The fourth-order valence-corrected chi connectivity index (χ4v) is 1.76. The minimum atomic E-state index is -0.161. The van der Waals surface area contributed by atoms with Gasteiger partial charge < -0.3 is 5.32 Å². The number of hydrogen-bond donors (Lipinski definition) is 1. The van der Waals surface area contributed by atoms with Crippen LogP contribution in [-0.2, 0) is 6.54 Å². The molecule has 1 N–H and O–H groups in total. The molecular weight excluding hydrogens is 217 g/mol. The van der Waals surface area contributed by atoms with E-state index in [0.717, 1.165) is 13.1 Å². The third-order valence-corrected chi connectivity index (χ3v) is 2.72. The molecule has 1 unspecified atom stereocenters. The van der Waals surface area contributed by atoms with Crippen LogP contribution in [0, 0.1) is 5.82 Å². The molecule has 1 aromatic heterocycles. The second kappa shape index (κ2) is 5.59. The lowest BCUT2D eigenvalue weighted by Crippen LogP contribution is -2.24. The summed E-state index contributed by atoms with van der Waals surface area (Å²) in [7, 11) is 0. The van der Waals surface area contributed by atoms with Crippen LogP contribution in [0.5, 0.6) is 0 Å². The van der Waals surface area contributed by atoms with Crippen molar-refractivity contribution in [3.63, 3.8) is 0 Å². The highest BCUT2D eigenvalue weighted by molar-refractivity contribution is 5.20. The Kier molecular flexibility index (Phi) is 3.88. The summed E-state index contributed by atoms with van der Waals surface area (Å²) in [6.45, 7) is 3.50. The van der Waals surface area contributed by atoms with Gasteiger partial charge in [0.1, 0.15) is 5.82 Å². The smallest absolute Gasteiger partial charge is 0.127 e. The van der Waals surface area contributed by atoms with E-state index < -0.39 is 0 Å². The highest BCUT2D eigenvalue weighted by Crippen LogP contribution is 2.15. The number of nitrogens with zero attached hydrogens (tertiary/aromatic N) is 2. The van der Waals surface area contributed by atoms with Crippen molar-refractivity contribution in [1.82, 2.24) is 15.1 Å². The van der Waals surface area contributed by atoms with E-state index in [2.05, 4.69) is 10.4 Å². The van der Waals surface area contributed by atoms with E-state index in [4.69, 9.17) is 0 Å². The molecule has 0 aliphatic carbocycles. The van der Waals surface area contributed by atoms with Gasteiger partial charge in [0.15, 0.2) is 0 Å². The first kappa shape index (κ1) is 11.8. The van der Waals surface area contributed by atoms with Crippen molar-refractivity contribution in [2.24, 2.45) is 0 Å². The van der Waals surface area contributed by atoms with Crippen molar-refractivity contribution in [3.05, 3.63) is 54.1 Å². The summed E-state index contributed by atoms with van der Waals surface area (Å²) in [5.74, 6) is -0.161. The molecule has 1 atom stereocenters. The van der Waals surface area contributed by atoms with Gasteiger partial charge in [-0.25, -0.2) is 4.39 Å². The van der Waals surface area contributed by atoms with Crippen molar-refractivity contribution >= 4 is 0 Å². The van der Waals surface area contributed by atoms with E-state index in [1.165, 1.54) is 6.07 Å². The molecular formula is C13H16FN3. The molecule has 0 spiro atoms. The summed E-state index contributed by atoms with van der Waals surface area (Å²) in [6, 6.07) is 8.74. The zero-order valence-corrected chi connectivity index (χ0v) is 9.81. The van der Waals surface area contributed by atoms with E-state index in [1.54, 1.807) is 18.3 Å². The number of hydrogen-bond acceptors (Lipinski definition) is 2. The third-order valence-electron chi connectivity index (χ3n) is 2.72. The summed E-state index contributed by atoms with van der Waals surface area (Å²) in [4.78, 5) is 0. The van der Waals surface area contributed by atoms with Crippen LogP contribution in [0.25, 0.3) is 0 Å². The molecule has 4 heteroatoms. The number of benzene rings is 1. The zero-order chi connectivity index (χ0) is 12.1. The minimum Gasteiger partial charge on any atom is -0.308 e. The molecule has 0 saturated heterocycles. The average Bonchev–Trinajstić information content (AvgIpc) is 2.82. The lowest BCUT2D eigenvalue weighted by Gasteiger charge is -2.14. The Hall–Kier alpha value is -1.68. The lowest BCUT2D eigenvalue weighted by atomic mass is 10.1. The molecule has 0 aliphatic heterocycles. The van der Waals surface area contributed by atoms with Crippen LogP contribution in [0.15, 0.2) is 42.7 Å². The normalized spacial score (nSPS) is 12.6. The number of halogens is 1. The Bertz CT molecular complexity index is 453. The van der Waals surface area contributed by atoms with Crippen LogP contribution >= 0.6 is 0 Å². The highest BCUT2D eigenvalue weighted by Gasteiger charge is 2.08. The number of rotatable bonds is 5. The fourth-order valence-electron chi connectivity index (χ4n) is 1.76. The molecule has 0 saturated carbocycles. The molecule has 3 nitrogen and oxygen atoms in total. The Balaban J connectivity index is 1.85. The van der Waals surface area contributed by atoms with Gasteiger partial charge in [-0.15, -0.1) is 0 Å². The van der Waals surface area contributed by atoms with Crippen LogP contribution < -0.4 is 5.32 Å². The highest BCUT2D eigenvalue weighted by atomic mass is 19.1. The van der Waals surface area contributed by atoms with Gasteiger partial charge in [0.2, 0.25) is 0 Å². The molecule has 1 aromatic carbocycles. The Morgan fingerprint density at radius 1 is 1.35 bits per heavy atom. The van der Waals surface area contributed by atoms with Crippen molar-refractivity contribution in [2.45, 2.75) is 19.5 Å². The van der Waals surface area contributed by atoms with Gasteiger partial charge >= 0.3 is 0 Å². The van der Waals surface area contributed by atoms with Crippen molar-refractivity contribution < 1.29 is 4.39 Å². The molecule has 2 aromatic rings. The van der Waals surface area contributed by atoms with E-state index in [-0.39, 0.29) is 11.9 Å². The van der Waals surface area contributed by atoms with Gasteiger partial charge in [-0.05, 0) is 19.1 Å². The van der Waals surface area contributed by atoms with Gasteiger partial charge in [-0.1, -0.05) is 18.2 Å². The Morgan fingerprint density at radius 3 is 2.88 bits per heavy atom. The topological polar surface area (TPSA) is 29.9 Å². The first-order valence-corrected chi connectivity index (χ1v) is 5.72. The van der Waals surface area contributed by atoms with E-state index >= 15 is 0 Å². The van der Waals surface area contributed by atoms with Crippen molar-refractivity contribution in [1.29, 1.82) is 0 Å².